The highest BCUT2D eigenvalue weighted by Gasteiger charge is 2.26. The molecule has 1 atom stereocenters. The van der Waals surface area contributed by atoms with Crippen molar-refractivity contribution >= 4 is 29.9 Å². The van der Waals surface area contributed by atoms with Crippen LogP contribution in [0.4, 0.5) is 0 Å². The Hall–Kier alpha value is -2.52. The summed E-state index contributed by atoms with van der Waals surface area (Å²) in [5.41, 5.74) is 1.04. The molecule has 0 aliphatic heterocycles. The first-order chi connectivity index (χ1) is 14.6. The number of nitrogens with zero attached hydrogens (tertiary/aromatic N) is 1. The fraction of sp³-hybridized carbons (Fsp3) is 0.292. The van der Waals surface area contributed by atoms with Crippen LogP contribution >= 0.6 is 24.0 Å². The predicted octanol–water partition coefficient (Wildman–Crippen LogP) is 4.44. The number of rotatable bonds is 9. The molecule has 166 valence electrons. The maximum atomic E-state index is 10.6. The van der Waals surface area contributed by atoms with Crippen molar-refractivity contribution in [3.63, 3.8) is 0 Å². The Morgan fingerprint density at radius 1 is 1.00 bits per heavy atom. The van der Waals surface area contributed by atoms with Crippen LogP contribution in [0.3, 0.4) is 0 Å². The zero-order valence-electron chi connectivity index (χ0n) is 17.9. The molecule has 3 N–H and O–H groups in total. The maximum Gasteiger partial charge on any atom is 0.191 e. The lowest BCUT2D eigenvalue weighted by Crippen LogP contribution is -2.44. The van der Waals surface area contributed by atoms with Crippen LogP contribution in [0, 0.1) is 0 Å². The minimum atomic E-state index is -1.14. The van der Waals surface area contributed by atoms with Gasteiger partial charge in [0, 0.05) is 6.54 Å². The SMILES string of the molecule is CCNC(=NCc1ccccc1COc1ccccc1)NCC(C)(O)c1ccco1.I. The molecule has 0 radical (unpaired) electrons. The Morgan fingerprint density at radius 2 is 1.71 bits per heavy atom. The topological polar surface area (TPSA) is 79.0 Å². The molecule has 0 saturated heterocycles. The summed E-state index contributed by atoms with van der Waals surface area (Å²) in [6, 6.07) is 21.4. The summed E-state index contributed by atoms with van der Waals surface area (Å²) >= 11 is 0. The molecule has 6 nitrogen and oxygen atoms in total. The van der Waals surface area contributed by atoms with Gasteiger partial charge in [0.2, 0.25) is 0 Å². The first-order valence-electron chi connectivity index (χ1n) is 10.1. The van der Waals surface area contributed by atoms with Crippen LogP contribution in [0.15, 0.2) is 82.4 Å². The van der Waals surface area contributed by atoms with Crippen LogP contribution < -0.4 is 15.4 Å². The van der Waals surface area contributed by atoms with Crippen molar-refractivity contribution in [3.8, 4) is 5.75 Å². The summed E-state index contributed by atoms with van der Waals surface area (Å²) < 4.78 is 11.2. The molecule has 1 aromatic heterocycles. The van der Waals surface area contributed by atoms with Gasteiger partial charge in [0.25, 0.3) is 0 Å². The second kappa shape index (κ2) is 12.4. The lowest BCUT2D eigenvalue weighted by atomic mass is 10.0. The molecule has 0 aliphatic rings. The monoisotopic (exact) mass is 535 g/mol. The Labute approximate surface area is 200 Å². The van der Waals surface area contributed by atoms with Crippen LogP contribution in [0.2, 0.25) is 0 Å². The maximum absolute atomic E-state index is 10.6. The number of guanidine groups is 1. The number of halogens is 1. The molecule has 1 heterocycles. The Kier molecular flexibility index (Phi) is 9.87. The molecule has 0 bridgehead atoms. The van der Waals surface area contributed by atoms with Crippen molar-refractivity contribution in [2.45, 2.75) is 32.6 Å². The third-order valence-electron chi connectivity index (χ3n) is 4.66. The van der Waals surface area contributed by atoms with E-state index in [2.05, 4.69) is 27.8 Å². The van der Waals surface area contributed by atoms with Crippen molar-refractivity contribution < 1.29 is 14.3 Å². The molecule has 1 unspecified atom stereocenters. The molecule has 0 aliphatic carbocycles. The fourth-order valence-corrected chi connectivity index (χ4v) is 2.96. The summed E-state index contributed by atoms with van der Waals surface area (Å²) in [6.07, 6.45) is 1.55. The Morgan fingerprint density at radius 3 is 2.39 bits per heavy atom. The zero-order valence-corrected chi connectivity index (χ0v) is 20.2. The van der Waals surface area contributed by atoms with E-state index < -0.39 is 5.60 Å². The van der Waals surface area contributed by atoms with Gasteiger partial charge in [-0.25, -0.2) is 4.99 Å². The van der Waals surface area contributed by atoms with Gasteiger partial charge in [0.1, 0.15) is 23.7 Å². The highest BCUT2D eigenvalue weighted by Crippen LogP contribution is 2.20. The van der Waals surface area contributed by atoms with E-state index in [1.54, 1.807) is 25.3 Å². The van der Waals surface area contributed by atoms with E-state index >= 15 is 0 Å². The van der Waals surface area contributed by atoms with Gasteiger partial charge in [0.15, 0.2) is 5.96 Å². The van der Waals surface area contributed by atoms with Crippen LogP contribution in [0.25, 0.3) is 0 Å². The van der Waals surface area contributed by atoms with Crippen LogP contribution in [-0.4, -0.2) is 24.2 Å². The summed E-state index contributed by atoms with van der Waals surface area (Å²) in [5, 5.41) is 17.1. The quantitative estimate of drug-likeness (QED) is 0.215. The van der Waals surface area contributed by atoms with Crippen molar-refractivity contribution in [2.75, 3.05) is 13.1 Å². The summed E-state index contributed by atoms with van der Waals surface area (Å²) in [7, 11) is 0. The Bertz CT molecular complexity index is 928. The van der Waals surface area contributed by atoms with Crippen LogP contribution in [0.1, 0.15) is 30.7 Å². The molecular weight excluding hydrogens is 505 g/mol. The molecule has 0 saturated carbocycles. The highest BCUT2D eigenvalue weighted by atomic mass is 127. The average molecular weight is 535 g/mol. The van der Waals surface area contributed by atoms with E-state index in [-0.39, 0.29) is 30.5 Å². The largest absolute Gasteiger partial charge is 0.489 e. The van der Waals surface area contributed by atoms with E-state index in [1.165, 1.54) is 0 Å². The third kappa shape index (κ3) is 7.59. The zero-order chi connectivity index (χ0) is 21.2. The number of aliphatic hydroxyl groups is 1. The molecule has 0 spiro atoms. The van der Waals surface area contributed by atoms with Gasteiger partial charge >= 0.3 is 0 Å². The molecule has 7 heteroatoms. The normalized spacial score (nSPS) is 13.1. The second-order valence-corrected chi connectivity index (χ2v) is 7.17. The van der Waals surface area contributed by atoms with Gasteiger partial charge in [-0.2, -0.15) is 0 Å². The fourth-order valence-electron chi connectivity index (χ4n) is 2.96. The summed E-state index contributed by atoms with van der Waals surface area (Å²) in [6.45, 7) is 5.67. The van der Waals surface area contributed by atoms with Gasteiger partial charge in [0.05, 0.1) is 19.4 Å². The number of hydrogen-bond acceptors (Lipinski definition) is 4. The van der Waals surface area contributed by atoms with E-state index in [4.69, 9.17) is 9.15 Å². The van der Waals surface area contributed by atoms with Gasteiger partial charge in [-0.3, -0.25) is 0 Å². The number of ether oxygens (including phenoxy) is 1. The van der Waals surface area contributed by atoms with Gasteiger partial charge < -0.3 is 24.9 Å². The molecule has 2 aromatic carbocycles. The Balaban J connectivity index is 0.00000341. The number of hydrogen-bond donors (Lipinski definition) is 3. The molecule has 0 amide bonds. The first-order valence-corrected chi connectivity index (χ1v) is 10.1. The summed E-state index contributed by atoms with van der Waals surface area (Å²) in [4.78, 5) is 4.68. The standard InChI is InChI=1S/C24H29N3O3.HI/c1-3-25-23(27-18-24(2,28)22-14-9-15-29-22)26-16-19-10-7-8-11-20(19)17-30-21-12-5-4-6-13-21;/h4-15,28H,3,16-18H2,1-2H3,(H2,25,26,27);1H. The lowest BCUT2D eigenvalue weighted by Gasteiger charge is -2.22. The average Bonchev–Trinajstić information content (AvgIpc) is 3.32. The first kappa shape index (κ1) is 24.7. The van der Waals surface area contributed by atoms with Crippen LogP contribution in [-0.2, 0) is 18.8 Å². The van der Waals surface area contributed by atoms with Gasteiger partial charge in [-0.1, -0.05) is 42.5 Å². The van der Waals surface area contributed by atoms with Crippen LogP contribution in [0.5, 0.6) is 5.75 Å². The second-order valence-electron chi connectivity index (χ2n) is 7.17. The van der Waals surface area contributed by atoms with Crippen molar-refractivity contribution in [3.05, 3.63) is 89.9 Å². The number of nitrogens with one attached hydrogen (secondary N) is 2. The highest BCUT2D eigenvalue weighted by molar-refractivity contribution is 14.0. The van der Waals surface area contributed by atoms with Crippen molar-refractivity contribution in [1.82, 2.24) is 10.6 Å². The van der Waals surface area contributed by atoms with E-state index in [9.17, 15) is 5.11 Å². The number of para-hydroxylation sites is 1. The van der Waals surface area contributed by atoms with Crippen molar-refractivity contribution in [1.29, 1.82) is 0 Å². The minimum absolute atomic E-state index is 0. The minimum Gasteiger partial charge on any atom is -0.489 e. The van der Waals surface area contributed by atoms with Gasteiger partial charge in [-0.05, 0) is 49.2 Å². The summed E-state index contributed by atoms with van der Waals surface area (Å²) in [5.74, 6) is 1.98. The molecule has 31 heavy (non-hydrogen) atoms. The number of benzene rings is 2. The molecule has 0 fully saturated rings. The van der Waals surface area contributed by atoms with E-state index in [1.807, 2.05) is 49.4 Å². The van der Waals surface area contributed by atoms with Gasteiger partial charge in [-0.15, -0.1) is 24.0 Å². The number of aliphatic imine (C=N–C) groups is 1. The lowest BCUT2D eigenvalue weighted by molar-refractivity contribution is 0.0386. The number of furan rings is 1. The smallest absolute Gasteiger partial charge is 0.191 e. The predicted molar refractivity (Wildman–Crippen MR) is 134 cm³/mol. The molecule has 3 rings (SSSR count). The molecule has 3 aromatic rings. The molecular formula is C24H30IN3O3. The van der Waals surface area contributed by atoms with E-state index in [0.717, 1.165) is 16.9 Å². The van der Waals surface area contributed by atoms with Crippen molar-refractivity contribution in [2.24, 2.45) is 4.99 Å². The third-order valence-corrected chi connectivity index (χ3v) is 4.66. The van der Waals surface area contributed by atoms with E-state index in [0.29, 0.717) is 31.4 Å².